The van der Waals surface area contributed by atoms with Gasteiger partial charge in [0.25, 0.3) is 5.91 Å². The Labute approximate surface area is 221 Å². The molecule has 0 bridgehead atoms. The molecule has 2 aromatic heterocycles. The van der Waals surface area contributed by atoms with Crippen LogP contribution in [0.4, 0.5) is 11.5 Å². The van der Waals surface area contributed by atoms with Crippen LogP contribution in [0.15, 0.2) is 72.8 Å². The largest absolute Gasteiger partial charge is 0.352 e. The summed E-state index contributed by atoms with van der Waals surface area (Å²) in [5.41, 5.74) is 4.31. The molecule has 1 fully saturated rings. The highest BCUT2D eigenvalue weighted by Gasteiger charge is 2.21. The minimum Gasteiger partial charge on any atom is -0.352 e. The Morgan fingerprint density at radius 3 is 2.42 bits per heavy atom. The van der Waals surface area contributed by atoms with Crippen LogP contribution in [0.1, 0.15) is 21.9 Å². The molecule has 8 nitrogen and oxygen atoms in total. The predicted octanol–water partition coefficient (Wildman–Crippen LogP) is 4.44. The maximum atomic E-state index is 12.5. The van der Waals surface area contributed by atoms with Gasteiger partial charge in [-0.15, -0.1) is 5.10 Å². The molecule has 3 heterocycles. The number of carbonyl (C=O) groups excluding carboxylic acids is 1. The van der Waals surface area contributed by atoms with E-state index in [0.717, 1.165) is 73.2 Å². The summed E-state index contributed by atoms with van der Waals surface area (Å²) < 4.78 is 2.16. The number of imidazole rings is 1. The minimum atomic E-state index is -0.120. The first-order valence-electron chi connectivity index (χ1n) is 13.1. The van der Waals surface area contributed by atoms with Crippen LogP contribution in [0.3, 0.4) is 0 Å². The fourth-order valence-electron chi connectivity index (χ4n) is 5.24. The quantitative estimate of drug-likeness (QED) is 0.368. The Bertz CT molecular complexity index is 1600. The van der Waals surface area contributed by atoms with Gasteiger partial charge in [0.15, 0.2) is 5.82 Å². The highest BCUT2D eigenvalue weighted by Crippen LogP contribution is 2.26. The van der Waals surface area contributed by atoms with E-state index in [1.54, 1.807) is 0 Å². The van der Waals surface area contributed by atoms with Crippen LogP contribution in [0, 0.1) is 6.92 Å². The van der Waals surface area contributed by atoms with Crippen molar-refractivity contribution in [1.29, 1.82) is 0 Å². The zero-order chi connectivity index (χ0) is 26.1. The molecule has 1 N–H and O–H groups in total. The number of fused-ring (bicyclic) bond motifs is 2. The van der Waals surface area contributed by atoms with Crippen LogP contribution in [0.25, 0.3) is 21.8 Å². The number of aromatic nitrogens is 4. The average molecular weight is 506 g/mol. The summed E-state index contributed by atoms with van der Waals surface area (Å²) in [6.45, 7) is 6.76. The van der Waals surface area contributed by atoms with Gasteiger partial charge in [0.1, 0.15) is 5.82 Å². The third-order valence-corrected chi connectivity index (χ3v) is 7.44. The van der Waals surface area contributed by atoms with E-state index in [-0.39, 0.29) is 5.91 Å². The summed E-state index contributed by atoms with van der Waals surface area (Å²) in [5.74, 6) is 1.91. The maximum absolute atomic E-state index is 12.5. The van der Waals surface area contributed by atoms with Crippen molar-refractivity contribution in [1.82, 2.24) is 24.6 Å². The molecule has 0 unspecified atom stereocenters. The fraction of sp³-hybridized carbons (Fsp3) is 0.267. The molecule has 192 valence electrons. The van der Waals surface area contributed by atoms with Gasteiger partial charge in [-0.1, -0.05) is 42.5 Å². The number of nitrogens with zero attached hydrogens (tertiary/aromatic N) is 6. The lowest BCUT2D eigenvalue weighted by Crippen LogP contribution is -2.47. The normalized spacial score (nSPS) is 14.3. The van der Waals surface area contributed by atoms with Crippen molar-refractivity contribution in [3.05, 3.63) is 89.9 Å². The molecular formula is C30H31N7O. The van der Waals surface area contributed by atoms with Gasteiger partial charge in [-0.3, -0.25) is 9.69 Å². The highest BCUT2D eigenvalue weighted by atomic mass is 16.1. The second-order valence-corrected chi connectivity index (χ2v) is 9.84. The summed E-state index contributed by atoms with van der Waals surface area (Å²) in [6.07, 6.45) is 0.865. The Balaban J connectivity index is 1.09. The lowest BCUT2D eigenvalue weighted by molar-refractivity contribution is 0.102. The van der Waals surface area contributed by atoms with Gasteiger partial charge in [-0.05, 0) is 37.3 Å². The van der Waals surface area contributed by atoms with Gasteiger partial charge in [0, 0.05) is 68.2 Å². The van der Waals surface area contributed by atoms with Crippen molar-refractivity contribution < 1.29 is 4.79 Å². The molecule has 0 atom stereocenters. The van der Waals surface area contributed by atoms with Crippen LogP contribution in [-0.4, -0.2) is 63.3 Å². The summed E-state index contributed by atoms with van der Waals surface area (Å²) >= 11 is 0. The molecule has 0 saturated carbocycles. The lowest BCUT2D eigenvalue weighted by Gasteiger charge is -2.35. The molecule has 38 heavy (non-hydrogen) atoms. The van der Waals surface area contributed by atoms with Crippen molar-refractivity contribution >= 4 is 39.2 Å². The highest BCUT2D eigenvalue weighted by molar-refractivity contribution is 6.05. The molecule has 1 aliphatic heterocycles. The second-order valence-electron chi connectivity index (χ2n) is 9.84. The molecule has 8 heteroatoms. The van der Waals surface area contributed by atoms with E-state index in [0.29, 0.717) is 5.56 Å². The molecule has 0 aliphatic carbocycles. The Morgan fingerprint density at radius 2 is 1.63 bits per heavy atom. The molecule has 1 aliphatic rings. The number of aryl methyl sites for hydroxylation is 2. The number of anilines is 2. The average Bonchev–Trinajstić information content (AvgIpc) is 3.27. The standard InChI is InChI=1S/C30H31N7O/c1-21-24-10-6-7-11-25(24)29(34-33-21)37-18-16-36(17-19-37)15-14-28-32-26-20-23(12-13-27(26)35(28)2)31-30(38)22-8-4-3-5-9-22/h3-13,20H,14-19H2,1-2H3,(H,31,38). The van der Waals surface area contributed by atoms with Crippen LogP contribution in [0.5, 0.6) is 0 Å². The SMILES string of the molecule is Cc1nnc(N2CCN(CCc3nc4cc(NC(=O)c5ccccc5)ccc4n3C)CC2)c2ccccc12. The van der Waals surface area contributed by atoms with Gasteiger partial charge in [0.05, 0.1) is 16.7 Å². The van der Waals surface area contributed by atoms with E-state index in [9.17, 15) is 4.79 Å². The third-order valence-electron chi connectivity index (χ3n) is 7.44. The van der Waals surface area contributed by atoms with Gasteiger partial charge in [-0.2, -0.15) is 5.10 Å². The fourth-order valence-corrected chi connectivity index (χ4v) is 5.24. The van der Waals surface area contributed by atoms with Gasteiger partial charge < -0.3 is 14.8 Å². The van der Waals surface area contributed by atoms with E-state index in [1.165, 1.54) is 10.8 Å². The van der Waals surface area contributed by atoms with E-state index in [2.05, 4.69) is 61.2 Å². The Hall–Kier alpha value is -4.30. The molecule has 3 aromatic carbocycles. The van der Waals surface area contributed by atoms with Crippen molar-refractivity contribution in [3.8, 4) is 0 Å². The van der Waals surface area contributed by atoms with Crippen LogP contribution in [-0.2, 0) is 13.5 Å². The van der Waals surface area contributed by atoms with Crippen molar-refractivity contribution in [3.63, 3.8) is 0 Å². The van der Waals surface area contributed by atoms with Crippen molar-refractivity contribution in [2.45, 2.75) is 13.3 Å². The van der Waals surface area contributed by atoms with Crippen LogP contribution >= 0.6 is 0 Å². The molecule has 0 spiro atoms. The Morgan fingerprint density at radius 1 is 0.895 bits per heavy atom. The number of benzene rings is 3. The smallest absolute Gasteiger partial charge is 0.255 e. The monoisotopic (exact) mass is 505 g/mol. The first kappa shape index (κ1) is 24.1. The zero-order valence-corrected chi connectivity index (χ0v) is 21.8. The first-order chi connectivity index (χ1) is 18.6. The summed E-state index contributed by atoms with van der Waals surface area (Å²) in [7, 11) is 2.06. The van der Waals surface area contributed by atoms with E-state index >= 15 is 0 Å². The number of nitrogens with one attached hydrogen (secondary N) is 1. The molecular weight excluding hydrogens is 474 g/mol. The molecule has 5 aromatic rings. The molecule has 0 radical (unpaired) electrons. The number of rotatable bonds is 6. The number of carbonyl (C=O) groups is 1. The minimum absolute atomic E-state index is 0.120. The van der Waals surface area contributed by atoms with Gasteiger partial charge in [-0.25, -0.2) is 4.98 Å². The summed E-state index contributed by atoms with van der Waals surface area (Å²) in [4.78, 5) is 22.3. The van der Waals surface area contributed by atoms with Crippen LogP contribution < -0.4 is 10.2 Å². The molecule has 6 rings (SSSR count). The summed E-state index contributed by atoms with van der Waals surface area (Å²) in [6, 6.07) is 23.5. The number of amides is 1. The van der Waals surface area contributed by atoms with Gasteiger partial charge in [0.2, 0.25) is 0 Å². The second kappa shape index (κ2) is 10.2. The van der Waals surface area contributed by atoms with Crippen molar-refractivity contribution in [2.24, 2.45) is 7.05 Å². The van der Waals surface area contributed by atoms with E-state index in [4.69, 9.17) is 4.98 Å². The topological polar surface area (TPSA) is 79.2 Å². The number of piperazine rings is 1. The van der Waals surface area contributed by atoms with Crippen molar-refractivity contribution in [2.75, 3.05) is 42.9 Å². The Kier molecular flexibility index (Phi) is 6.47. The zero-order valence-electron chi connectivity index (χ0n) is 21.8. The van der Waals surface area contributed by atoms with E-state index in [1.807, 2.05) is 55.5 Å². The van der Waals surface area contributed by atoms with E-state index < -0.39 is 0 Å². The number of hydrogen-bond acceptors (Lipinski definition) is 6. The third kappa shape index (κ3) is 4.70. The van der Waals surface area contributed by atoms with Crippen LogP contribution in [0.2, 0.25) is 0 Å². The first-order valence-corrected chi connectivity index (χ1v) is 13.1. The molecule has 1 amide bonds. The predicted molar refractivity (Wildman–Crippen MR) is 152 cm³/mol. The maximum Gasteiger partial charge on any atom is 0.255 e. The number of hydrogen-bond donors (Lipinski definition) is 1. The van der Waals surface area contributed by atoms with Gasteiger partial charge >= 0.3 is 0 Å². The molecule has 1 saturated heterocycles. The summed E-state index contributed by atoms with van der Waals surface area (Å²) in [5, 5.41) is 14.3. The lowest BCUT2D eigenvalue weighted by atomic mass is 10.1.